The third kappa shape index (κ3) is 3.77. The lowest BCUT2D eigenvalue weighted by molar-refractivity contribution is 0.477. The van der Waals surface area contributed by atoms with Crippen LogP contribution in [0.25, 0.3) is 0 Å². The number of rotatable bonds is 6. The molecule has 0 heterocycles. The van der Waals surface area contributed by atoms with Crippen molar-refractivity contribution in [2.45, 2.75) is 71.6 Å². The molecule has 2 aromatic carbocycles. The molecule has 0 unspecified atom stereocenters. The number of hydrogen-bond acceptors (Lipinski definition) is 2. The number of benzene rings is 2. The van der Waals surface area contributed by atoms with Gasteiger partial charge in [-0.1, -0.05) is 65.8 Å². The maximum absolute atomic E-state index is 9.73. The summed E-state index contributed by atoms with van der Waals surface area (Å²) in [5.41, 5.74) is 5.57. The van der Waals surface area contributed by atoms with E-state index in [-0.39, 0.29) is 11.3 Å². The summed E-state index contributed by atoms with van der Waals surface area (Å²) in [6.45, 7) is 12.8. The maximum atomic E-state index is 9.73. The Labute approximate surface area is 164 Å². The van der Waals surface area contributed by atoms with Crippen LogP contribution in [0.5, 0.6) is 0 Å². The summed E-state index contributed by atoms with van der Waals surface area (Å²) < 4.78 is 0. The molecule has 0 spiro atoms. The fourth-order valence-electron chi connectivity index (χ4n) is 4.16. The van der Waals surface area contributed by atoms with Gasteiger partial charge >= 0.3 is 0 Å². The summed E-state index contributed by atoms with van der Waals surface area (Å²) >= 11 is 0. The van der Waals surface area contributed by atoms with Crippen LogP contribution in [-0.2, 0) is 5.41 Å². The summed E-state index contributed by atoms with van der Waals surface area (Å²) in [6, 6.07) is 17.6. The molecular weight excluding hydrogens is 328 g/mol. The lowest BCUT2D eigenvalue weighted by Crippen LogP contribution is -2.26. The van der Waals surface area contributed by atoms with E-state index >= 15 is 0 Å². The molecule has 0 bridgehead atoms. The topological polar surface area (TPSA) is 47.6 Å². The first-order valence-electron chi connectivity index (χ1n) is 9.93. The predicted molar refractivity (Wildman–Crippen MR) is 112 cm³/mol. The SMILES string of the molecule is CCC(CC)(c1ccc(C(C)C)cc1)c1cc(C#N)c(C(C)C)c(C#N)c1. The molecule has 0 aliphatic carbocycles. The van der Waals surface area contributed by atoms with Crippen LogP contribution in [0, 0.1) is 22.7 Å². The van der Waals surface area contributed by atoms with Gasteiger partial charge in [0, 0.05) is 5.41 Å². The van der Waals surface area contributed by atoms with Gasteiger partial charge in [0.1, 0.15) is 0 Å². The van der Waals surface area contributed by atoms with Crippen molar-refractivity contribution < 1.29 is 0 Å². The van der Waals surface area contributed by atoms with E-state index in [1.807, 2.05) is 26.0 Å². The van der Waals surface area contributed by atoms with Crippen LogP contribution in [-0.4, -0.2) is 0 Å². The van der Waals surface area contributed by atoms with Crippen LogP contribution in [0.15, 0.2) is 36.4 Å². The summed E-state index contributed by atoms with van der Waals surface area (Å²) in [6.07, 6.45) is 1.84. The Hall–Kier alpha value is -2.58. The average Bonchev–Trinajstić information content (AvgIpc) is 2.68. The van der Waals surface area contributed by atoms with Gasteiger partial charge in [-0.15, -0.1) is 0 Å². The normalized spacial score (nSPS) is 11.5. The molecule has 0 saturated carbocycles. The fraction of sp³-hybridized carbons (Fsp3) is 0.440. The van der Waals surface area contributed by atoms with Crippen LogP contribution in [0.2, 0.25) is 0 Å². The molecule has 2 heteroatoms. The van der Waals surface area contributed by atoms with Gasteiger partial charge in [0.25, 0.3) is 0 Å². The standard InChI is InChI=1S/C25H30N2/c1-7-25(8-2,22-11-9-19(10-12-22)17(3)4)23-13-20(15-26)24(18(5)6)21(14-23)16-27/h9-14,17-18H,7-8H2,1-6H3. The highest BCUT2D eigenvalue weighted by Gasteiger charge is 2.32. The third-order valence-corrected chi connectivity index (χ3v) is 5.89. The van der Waals surface area contributed by atoms with E-state index in [2.05, 4.69) is 64.1 Å². The lowest BCUT2D eigenvalue weighted by Gasteiger charge is -2.34. The maximum Gasteiger partial charge on any atom is 0.0995 e. The second kappa shape index (κ2) is 8.41. The molecule has 0 aromatic heterocycles. The zero-order chi connectivity index (χ0) is 20.2. The quantitative estimate of drug-likeness (QED) is 0.571. The summed E-state index contributed by atoms with van der Waals surface area (Å²) in [5, 5.41) is 19.5. The first kappa shape index (κ1) is 20.7. The van der Waals surface area contributed by atoms with Crippen molar-refractivity contribution in [2.75, 3.05) is 0 Å². The Bertz CT molecular complexity index is 835. The smallest absolute Gasteiger partial charge is 0.0995 e. The van der Waals surface area contributed by atoms with E-state index < -0.39 is 0 Å². The van der Waals surface area contributed by atoms with Crippen molar-refractivity contribution in [2.24, 2.45) is 0 Å². The van der Waals surface area contributed by atoms with Gasteiger partial charge < -0.3 is 0 Å². The molecule has 0 fully saturated rings. The lowest BCUT2D eigenvalue weighted by atomic mass is 9.69. The van der Waals surface area contributed by atoms with Gasteiger partial charge in [0.05, 0.1) is 23.3 Å². The van der Waals surface area contributed by atoms with Crippen molar-refractivity contribution in [3.63, 3.8) is 0 Å². The van der Waals surface area contributed by atoms with Crippen LogP contribution >= 0.6 is 0 Å². The molecule has 2 nitrogen and oxygen atoms in total. The van der Waals surface area contributed by atoms with E-state index in [0.29, 0.717) is 17.0 Å². The van der Waals surface area contributed by atoms with Gasteiger partial charge in [0.2, 0.25) is 0 Å². The molecule has 0 aliphatic rings. The minimum absolute atomic E-state index is 0.145. The van der Waals surface area contributed by atoms with Crippen molar-refractivity contribution in [1.82, 2.24) is 0 Å². The van der Waals surface area contributed by atoms with Crippen LogP contribution in [0.4, 0.5) is 0 Å². The van der Waals surface area contributed by atoms with E-state index in [4.69, 9.17) is 0 Å². The third-order valence-electron chi connectivity index (χ3n) is 5.89. The summed E-state index contributed by atoms with van der Waals surface area (Å²) in [5.74, 6) is 0.642. The van der Waals surface area contributed by atoms with Gasteiger partial charge in [-0.3, -0.25) is 0 Å². The Morgan fingerprint density at radius 1 is 0.778 bits per heavy atom. The highest BCUT2D eigenvalue weighted by molar-refractivity contribution is 5.55. The van der Waals surface area contributed by atoms with Crippen LogP contribution in [0.1, 0.15) is 99.6 Å². The molecule has 0 aliphatic heterocycles. The van der Waals surface area contributed by atoms with E-state index in [9.17, 15) is 10.5 Å². The molecular formula is C25H30N2. The molecule has 140 valence electrons. The molecule has 27 heavy (non-hydrogen) atoms. The number of hydrogen-bond donors (Lipinski definition) is 0. The minimum Gasteiger partial charge on any atom is -0.192 e. The van der Waals surface area contributed by atoms with Gasteiger partial charge in [-0.05, 0) is 59.1 Å². The largest absolute Gasteiger partial charge is 0.192 e. The zero-order valence-corrected chi connectivity index (χ0v) is 17.4. The second-order valence-corrected chi connectivity index (χ2v) is 7.93. The monoisotopic (exact) mass is 358 g/mol. The predicted octanol–water partition coefficient (Wildman–Crippen LogP) is 6.78. The molecule has 2 rings (SSSR count). The fourth-order valence-corrected chi connectivity index (χ4v) is 4.16. The van der Waals surface area contributed by atoms with Crippen molar-refractivity contribution in [3.8, 4) is 12.1 Å². The Kier molecular flexibility index (Phi) is 6.45. The summed E-state index contributed by atoms with van der Waals surface area (Å²) in [7, 11) is 0. The molecule has 0 N–H and O–H groups in total. The molecule has 0 saturated heterocycles. The van der Waals surface area contributed by atoms with Gasteiger partial charge in [-0.2, -0.15) is 10.5 Å². The van der Waals surface area contributed by atoms with E-state index in [0.717, 1.165) is 24.0 Å². The highest BCUT2D eigenvalue weighted by Crippen LogP contribution is 2.41. The average molecular weight is 359 g/mol. The second-order valence-electron chi connectivity index (χ2n) is 7.93. The van der Waals surface area contributed by atoms with Gasteiger partial charge in [0.15, 0.2) is 0 Å². The van der Waals surface area contributed by atoms with Crippen molar-refractivity contribution in [3.05, 3.63) is 69.8 Å². The summed E-state index contributed by atoms with van der Waals surface area (Å²) in [4.78, 5) is 0. The van der Waals surface area contributed by atoms with Crippen molar-refractivity contribution >= 4 is 0 Å². The van der Waals surface area contributed by atoms with Crippen molar-refractivity contribution in [1.29, 1.82) is 10.5 Å². The first-order valence-corrected chi connectivity index (χ1v) is 9.93. The van der Waals surface area contributed by atoms with E-state index in [1.54, 1.807) is 0 Å². The van der Waals surface area contributed by atoms with E-state index in [1.165, 1.54) is 11.1 Å². The van der Waals surface area contributed by atoms with Gasteiger partial charge in [-0.25, -0.2) is 0 Å². The Balaban J connectivity index is 2.73. The molecule has 0 radical (unpaired) electrons. The van der Waals surface area contributed by atoms with Crippen LogP contribution in [0.3, 0.4) is 0 Å². The zero-order valence-electron chi connectivity index (χ0n) is 17.4. The Morgan fingerprint density at radius 2 is 1.26 bits per heavy atom. The van der Waals surface area contributed by atoms with Crippen LogP contribution < -0.4 is 0 Å². The number of nitrogens with zero attached hydrogens (tertiary/aromatic N) is 2. The molecule has 0 amide bonds. The minimum atomic E-state index is -0.192. The molecule has 2 aromatic rings. The number of nitriles is 2. The highest BCUT2D eigenvalue weighted by atomic mass is 14.4. The Morgan fingerprint density at radius 3 is 1.59 bits per heavy atom. The molecule has 0 atom stereocenters. The first-order chi connectivity index (χ1) is 12.8.